The van der Waals surface area contributed by atoms with E-state index in [1.807, 2.05) is 50.2 Å². The highest BCUT2D eigenvalue weighted by Gasteiger charge is 2.32. The Morgan fingerprint density at radius 3 is 2.51 bits per heavy atom. The third kappa shape index (κ3) is 5.60. The summed E-state index contributed by atoms with van der Waals surface area (Å²) in [6.07, 6.45) is 1.31. The number of thiazole rings is 1. The molecule has 0 N–H and O–H groups in total. The van der Waals surface area contributed by atoms with Crippen molar-refractivity contribution in [3.05, 3.63) is 82.6 Å². The number of sulfonamides is 1. The quantitative estimate of drug-likeness (QED) is 0.306. The van der Waals surface area contributed by atoms with Gasteiger partial charge in [-0.15, -0.1) is 0 Å². The van der Waals surface area contributed by atoms with Crippen molar-refractivity contribution in [3.63, 3.8) is 0 Å². The number of halogens is 1. The molecule has 1 aliphatic rings. The zero-order chi connectivity index (χ0) is 26.2. The molecule has 37 heavy (non-hydrogen) atoms. The van der Waals surface area contributed by atoms with E-state index in [1.165, 1.54) is 27.8 Å². The first kappa shape index (κ1) is 25.9. The van der Waals surface area contributed by atoms with Crippen LogP contribution in [0.3, 0.4) is 0 Å². The van der Waals surface area contributed by atoms with Crippen LogP contribution in [0.15, 0.2) is 76.2 Å². The number of anilines is 1. The SMILES string of the molecule is CC1CN(S(=O)(=O)c2ccc(C(=O)N(Cc3ccccn3)c3nc4ccc(Br)cc4s3)cc2)CC(C)O1. The van der Waals surface area contributed by atoms with Crippen molar-refractivity contribution in [2.24, 2.45) is 0 Å². The molecule has 2 aromatic heterocycles. The van der Waals surface area contributed by atoms with Gasteiger partial charge in [0.15, 0.2) is 5.13 Å². The highest BCUT2D eigenvalue weighted by molar-refractivity contribution is 9.10. The summed E-state index contributed by atoms with van der Waals surface area (Å²) in [6.45, 7) is 4.52. The summed E-state index contributed by atoms with van der Waals surface area (Å²) in [4.78, 5) is 24.5. The molecule has 1 aliphatic heterocycles. The third-order valence-electron chi connectivity index (χ3n) is 5.99. The fourth-order valence-electron chi connectivity index (χ4n) is 4.28. The minimum atomic E-state index is -3.71. The number of benzene rings is 2. The molecule has 1 saturated heterocycles. The van der Waals surface area contributed by atoms with Gasteiger partial charge in [-0.05, 0) is 68.4 Å². The Morgan fingerprint density at radius 1 is 1.11 bits per heavy atom. The topological polar surface area (TPSA) is 92.7 Å². The summed E-state index contributed by atoms with van der Waals surface area (Å²) in [5.41, 5.74) is 1.86. The number of ether oxygens (including phenoxy) is 1. The first-order valence-corrected chi connectivity index (χ1v) is 14.8. The van der Waals surface area contributed by atoms with Crippen molar-refractivity contribution in [3.8, 4) is 0 Å². The number of hydrogen-bond donors (Lipinski definition) is 0. The van der Waals surface area contributed by atoms with Crippen LogP contribution in [0.2, 0.25) is 0 Å². The van der Waals surface area contributed by atoms with E-state index in [0.717, 1.165) is 14.7 Å². The zero-order valence-electron chi connectivity index (χ0n) is 20.2. The maximum absolute atomic E-state index is 13.7. The Morgan fingerprint density at radius 2 is 1.84 bits per heavy atom. The molecule has 0 radical (unpaired) electrons. The molecule has 0 spiro atoms. The average Bonchev–Trinajstić information content (AvgIpc) is 3.30. The molecule has 2 aromatic carbocycles. The number of rotatable bonds is 6. The minimum absolute atomic E-state index is 0.145. The first-order valence-electron chi connectivity index (χ1n) is 11.7. The van der Waals surface area contributed by atoms with Crippen LogP contribution in [0.4, 0.5) is 5.13 Å². The maximum Gasteiger partial charge on any atom is 0.260 e. The third-order valence-corrected chi connectivity index (χ3v) is 9.37. The second-order valence-electron chi connectivity index (χ2n) is 8.92. The lowest BCUT2D eigenvalue weighted by Crippen LogP contribution is -2.48. The van der Waals surface area contributed by atoms with E-state index in [9.17, 15) is 13.2 Å². The van der Waals surface area contributed by atoms with Crippen LogP contribution in [0.5, 0.6) is 0 Å². The molecule has 11 heteroatoms. The number of fused-ring (bicyclic) bond motifs is 1. The molecule has 0 saturated carbocycles. The second kappa shape index (κ2) is 10.6. The number of carbonyl (C=O) groups is 1. The Hall–Kier alpha value is -2.70. The smallest absolute Gasteiger partial charge is 0.260 e. The summed E-state index contributed by atoms with van der Waals surface area (Å²) in [6, 6.07) is 17.4. The van der Waals surface area contributed by atoms with Gasteiger partial charge in [-0.3, -0.25) is 14.7 Å². The summed E-state index contributed by atoms with van der Waals surface area (Å²) >= 11 is 4.90. The van der Waals surface area contributed by atoms with Gasteiger partial charge in [0.05, 0.1) is 39.6 Å². The van der Waals surface area contributed by atoms with Crippen LogP contribution in [-0.4, -0.2) is 53.9 Å². The molecule has 2 unspecified atom stereocenters. The molecule has 3 heterocycles. The van der Waals surface area contributed by atoms with E-state index >= 15 is 0 Å². The van der Waals surface area contributed by atoms with Gasteiger partial charge < -0.3 is 4.74 Å². The lowest BCUT2D eigenvalue weighted by Gasteiger charge is -2.34. The summed E-state index contributed by atoms with van der Waals surface area (Å²) in [7, 11) is -3.71. The van der Waals surface area contributed by atoms with E-state index in [2.05, 4.69) is 25.9 Å². The lowest BCUT2D eigenvalue weighted by molar-refractivity contribution is -0.0440. The zero-order valence-corrected chi connectivity index (χ0v) is 23.5. The summed E-state index contributed by atoms with van der Waals surface area (Å²) in [5.74, 6) is -0.290. The number of nitrogens with zero attached hydrogens (tertiary/aromatic N) is 4. The van der Waals surface area contributed by atoms with Crippen LogP contribution < -0.4 is 4.90 Å². The van der Waals surface area contributed by atoms with Gasteiger partial charge in [0, 0.05) is 29.3 Å². The molecule has 1 fully saturated rings. The molecule has 192 valence electrons. The van der Waals surface area contributed by atoms with Gasteiger partial charge >= 0.3 is 0 Å². The minimum Gasteiger partial charge on any atom is -0.373 e. The predicted octanol–water partition coefficient (Wildman–Crippen LogP) is 5.10. The number of hydrogen-bond acceptors (Lipinski definition) is 7. The predicted molar refractivity (Wildman–Crippen MR) is 147 cm³/mol. The van der Waals surface area contributed by atoms with Crippen molar-refractivity contribution >= 4 is 58.5 Å². The standard InChI is InChI=1S/C26H25BrN4O4S2/c1-17-14-30(15-18(2)35-17)37(33,34)22-9-6-19(7-10-22)25(32)31(16-21-5-3-4-12-28-21)26-29-23-11-8-20(27)13-24(23)36-26/h3-13,17-18H,14-16H2,1-2H3. The Bertz CT molecular complexity index is 1520. The number of amides is 1. The van der Waals surface area contributed by atoms with Gasteiger partial charge in [-0.1, -0.05) is 33.3 Å². The van der Waals surface area contributed by atoms with E-state index in [1.54, 1.807) is 23.2 Å². The molecule has 4 aromatic rings. The monoisotopic (exact) mass is 600 g/mol. The van der Waals surface area contributed by atoms with Gasteiger partial charge in [0.1, 0.15) is 0 Å². The molecule has 5 rings (SSSR count). The molecule has 2 atom stereocenters. The molecule has 0 aliphatic carbocycles. The Labute approximate surface area is 228 Å². The van der Waals surface area contributed by atoms with Crippen molar-refractivity contribution in [2.75, 3.05) is 18.0 Å². The van der Waals surface area contributed by atoms with Crippen LogP contribution >= 0.6 is 27.3 Å². The van der Waals surface area contributed by atoms with Gasteiger partial charge in [0.2, 0.25) is 10.0 Å². The molecular weight excluding hydrogens is 576 g/mol. The van der Waals surface area contributed by atoms with Crippen LogP contribution in [0, 0.1) is 0 Å². The second-order valence-corrected chi connectivity index (χ2v) is 12.8. The Kier molecular flexibility index (Phi) is 7.42. The van der Waals surface area contributed by atoms with E-state index in [0.29, 0.717) is 29.5 Å². The van der Waals surface area contributed by atoms with Crippen molar-refractivity contribution in [1.82, 2.24) is 14.3 Å². The highest BCUT2D eigenvalue weighted by Crippen LogP contribution is 2.32. The van der Waals surface area contributed by atoms with E-state index in [-0.39, 0.29) is 29.6 Å². The van der Waals surface area contributed by atoms with Crippen LogP contribution in [0.25, 0.3) is 10.2 Å². The lowest BCUT2D eigenvalue weighted by atomic mass is 10.2. The maximum atomic E-state index is 13.7. The number of pyridine rings is 1. The summed E-state index contributed by atoms with van der Waals surface area (Å²) in [5, 5.41) is 0.539. The Balaban J connectivity index is 1.45. The average molecular weight is 602 g/mol. The van der Waals surface area contributed by atoms with Gasteiger partial charge in [-0.25, -0.2) is 13.4 Å². The molecule has 8 nitrogen and oxygen atoms in total. The van der Waals surface area contributed by atoms with Crippen molar-refractivity contribution in [2.45, 2.75) is 37.5 Å². The largest absolute Gasteiger partial charge is 0.373 e. The van der Waals surface area contributed by atoms with E-state index in [4.69, 9.17) is 4.74 Å². The van der Waals surface area contributed by atoms with E-state index < -0.39 is 10.0 Å². The first-order chi connectivity index (χ1) is 17.7. The normalized spacial score (nSPS) is 18.7. The molecule has 0 bridgehead atoms. The molecular formula is C26H25BrN4O4S2. The fourth-order valence-corrected chi connectivity index (χ4v) is 7.39. The fraction of sp³-hybridized carbons (Fsp3) is 0.269. The van der Waals surface area contributed by atoms with Crippen molar-refractivity contribution < 1.29 is 17.9 Å². The van der Waals surface area contributed by atoms with Crippen LogP contribution in [0.1, 0.15) is 29.9 Å². The summed E-state index contributed by atoms with van der Waals surface area (Å²) < 4.78 is 35.5. The number of carbonyl (C=O) groups excluding carboxylic acids is 1. The highest BCUT2D eigenvalue weighted by atomic mass is 79.9. The van der Waals surface area contributed by atoms with Crippen molar-refractivity contribution in [1.29, 1.82) is 0 Å². The molecule has 1 amide bonds. The van der Waals surface area contributed by atoms with Crippen LogP contribution in [-0.2, 0) is 21.3 Å². The number of aromatic nitrogens is 2. The van der Waals surface area contributed by atoms with Gasteiger partial charge in [0.25, 0.3) is 5.91 Å². The van der Waals surface area contributed by atoms with Gasteiger partial charge in [-0.2, -0.15) is 4.31 Å². The number of morpholine rings is 1.